The number of ether oxygens (including phenoxy) is 1. The second-order valence-electron chi connectivity index (χ2n) is 7.81. The summed E-state index contributed by atoms with van der Waals surface area (Å²) < 4.78 is 7.15. The molecule has 1 aliphatic heterocycles. The molecule has 9 heteroatoms. The summed E-state index contributed by atoms with van der Waals surface area (Å²) in [6, 6.07) is 0. The molecule has 3 heterocycles. The number of anilines is 1. The summed E-state index contributed by atoms with van der Waals surface area (Å²) in [5.41, 5.74) is 3.61. The Kier molecular flexibility index (Phi) is 5.64. The minimum Gasteiger partial charge on any atom is -0.394 e. The first kappa shape index (κ1) is 20.0. The van der Waals surface area contributed by atoms with Gasteiger partial charge >= 0.3 is 0 Å². The Morgan fingerprint density at radius 2 is 2.14 bits per heavy atom. The number of imidazole rings is 1. The van der Waals surface area contributed by atoms with Crippen molar-refractivity contribution in [3.05, 3.63) is 36.5 Å². The van der Waals surface area contributed by atoms with Gasteiger partial charge in [0, 0.05) is 6.54 Å². The van der Waals surface area contributed by atoms with Gasteiger partial charge in [0.25, 0.3) is 0 Å². The van der Waals surface area contributed by atoms with Gasteiger partial charge in [-0.2, -0.15) is 0 Å². The molecule has 2 aromatic heterocycles. The van der Waals surface area contributed by atoms with Gasteiger partial charge in [-0.1, -0.05) is 23.8 Å². The highest BCUT2D eigenvalue weighted by atomic mass is 16.6. The average molecular weight is 401 g/mol. The summed E-state index contributed by atoms with van der Waals surface area (Å²) >= 11 is 0. The molecule has 4 N–H and O–H groups in total. The molecular weight excluding hydrogens is 374 g/mol. The minimum atomic E-state index is -1.19. The van der Waals surface area contributed by atoms with Crippen molar-refractivity contribution in [2.24, 2.45) is 5.92 Å². The highest BCUT2D eigenvalue weighted by Gasteiger charge is 2.44. The number of fused-ring (bicyclic) bond motifs is 1. The number of nitrogens with one attached hydrogen (secondary N) is 1. The molecule has 2 aromatic rings. The van der Waals surface area contributed by atoms with Crippen LogP contribution in [0.5, 0.6) is 0 Å². The Morgan fingerprint density at radius 3 is 2.79 bits per heavy atom. The van der Waals surface area contributed by atoms with E-state index in [9.17, 15) is 15.3 Å². The fourth-order valence-corrected chi connectivity index (χ4v) is 3.97. The van der Waals surface area contributed by atoms with E-state index in [2.05, 4.69) is 39.8 Å². The second kappa shape index (κ2) is 8.19. The number of hydrogen-bond donors (Lipinski definition) is 4. The van der Waals surface area contributed by atoms with Crippen molar-refractivity contribution in [2.45, 2.75) is 50.7 Å². The third-order valence-electron chi connectivity index (χ3n) is 5.83. The first-order valence-electron chi connectivity index (χ1n) is 9.86. The molecule has 0 unspecified atom stereocenters. The van der Waals surface area contributed by atoms with Crippen LogP contribution in [0.4, 0.5) is 5.82 Å². The summed E-state index contributed by atoms with van der Waals surface area (Å²) in [4.78, 5) is 13.0. The van der Waals surface area contributed by atoms with Crippen LogP contribution in [-0.4, -0.2) is 66.3 Å². The molecule has 9 nitrogen and oxygen atoms in total. The van der Waals surface area contributed by atoms with Crippen molar-refractivity contribution in [1.82, 2.24) is 19.5 Å². The average Bonchev–Trinajstić information content (AvgIpc) is 3.28. The van der Waals surface area contributed by atoms with Gasteiger partial charge in [0.2, 0.25) is 0 Å². The zero-order valence-electron chi connectivity index (χ0n) is 16.4. The lowest BCUT2D eigenvalue weighted by Crippen LogP contribution is -2.33. The molecule has 1 aliphatic carbocycles. The molecule has 0 bridgehead atoms. The normalized spacial score (nSPS) is 29.8. The summed E-state index contributed by atoms with van der Waals surface area (Å²) in [5.74, 6) is 1.17. The van der Waals surface area contributed by atoms with Gasteiger partial charge in [0.1, 0.15) is 24.6 Å². The molecule has 5 atom stereocenters. The van der Waals surface area contributed by atoms with Crippen LogP contribution in [0.15, 0.2) is 36.5 Å². The van der Waals surface area contributed by atoms with Crippen LogP contribution in [0, 0.1) is 5.92 Å². The van der Waals surface area contributed by atoms with Gasteiger partial charge in [-0.05, 0) is 32.1 Å². The van der Waals surface area contributed by atoms with Crippen molar-refractivity contribution >= 4 is 17.0 Å². The molecule has 0 aromatic carbocycles. The van der Waals surface area contributed by atoms with E-state index >= 15 is 0 Å². The largest absolute Gasteiger partial charge is 0.394 e. The van der Waals surface area contributed by atoms with Gasteiger partial charge in [-0.25, -0.2) is 15.0 Å². The van der Waals surface area contributed by atoms with Gasteiger partial charge in [0.05, 0.1) is 12.9 Å². The lowest BCUT2D eigenvalue weighted by Gasteiger charge is -2.22. The standard InChI is InChI=1S/C20H27N5O4/c1-11(2)13-5-3-12(4-6-13)7-21-18-15-19(23-9-22-18)25(10-24-15)20-17(28)16(27)14(8-26)29-20/h3,9-10,13-14,16-17,20,26-28H,1,4-8H2,2H3,(H,21,22,23)/t13-,14-,16-,17-,20-/m1/s1. The van der Waals surface area contributed by atoms with Gasteiger partial charge in [-0.15, -0.1) is 0 Å². The number of rotatable bonds is 6. The summed E-state index contributed by atoms with van der Waals surface area (Å²) in [6.45, 7) is 6.43. The topological polar surface area (TPSA) is 126 Å². The number of aromatic nitrogens is 4. The van der Waals surface area contributed by atoms with Crippen LogP contribution < -0.4 is 5.32 Å². The third kappa shape index (κ3) is 3.78. The predicted molar refractivity (Wildman–Crippen MR) is 107 cm³/mol. The Hall–Kier alpha value is -2.33. The number of nitrogens with zero attached hydrogens (tertiary/aromatic N) is 4. The van der Waals surface area contributed by atoms with Crippen LogP contribution in [-0.2, 0) is 4.74 Å². The molecule has 0 saturated carbocycles. The van der Waals surface area contributed by atoms with Crippen molar-refractivity contribution in [3.63, 3.8) is 0 Å². The molecule has 1 saturated heterocycles. The molecule has 0 spiro atoms. The van der Waals surface area contributed by atoms with Crippen LogP contribution >= 0.6 is 0 Å². The minimum absolute atomic E-state index is 0.384. The fraction of sp³-hybridized carbons (Fsp3) is 0.550. The molecule has 29 heavy (non-hydrogen) atoms. The Labute approximate surface area is 168 Å². The second-order valence-corrected chi connectivity index (χ2v) is 7.81. The predicted octanol–water partition coefficient (Wildman–Crippen LogP) is 1.15. The zero-order valence-corrected chi connectivity index (χ0v) is 16.4. The van der Waals surface area contributed by atoms with E-state index in [4.69, 9.17) is 4.74 Å². The van der Waals surface area contributed by atoms with E-state index in [0.29, 0.717) is 29.4 Å². The monoisotopic (exact) mass is 401 g/mol. The van der Waals surface area contributed by atoms with Gasteiger partial charge in [0.15, 0.2) is 23.2 Å². The highest BCUT2D eigenvalue weighted by molar-refractivity contribution is 5.82. The van der Waals surface area contributed by atoms with Crippen LogP contribution in [0.1, 0.15) is 32.4 Å². The van der Waals surface area contributed by atoms with E-state index in [-0.39, 0.29) is 6.61 Å². The molecule has 1 fully saturated rings. The van der Waals surface area contributed by atoms with E-state index in [1.807, 2.05) is 0 Å². The van der Waals surface area contributed by atoms with Crippen LogP contribution in [0.3, 0.4) is 0 Å². The summed E-state index contributed by atoms with van der Waals surface area (Å²) in [6.07, 6.45) is 4.25. The lowest BCUT2D eigenvalue weighted by molar-refractivity contribution is -0.0511. The first-order chi connectivity index (χ1) is 14.0. The molecule has 0 amide bonds. The van der Waals surface area contributed by atoms with Crippen LogP contribution in [0.25, 0.3) is 11.2 Å². The molecule has 156 valence electrons. The number of allylic oxidation sites excluding steroid dienone is 2. The Morgan fingerprint density at radius 1 is 1.31 bits per heavy atom. The maximum Gasteiger partial charge on any atom is 0.167 e. The zero-order chi connectivity index (χ0) is 20.5. The maximum atomic E-state index is 10.3. The number of hydrogen-bond acceptors (Lipinski definition) is 8. The molecule has 2 aliphatic rings. The SMILES string of the molecule is C=C(C)[C@@H]1CC=C(CNc2ncnc3c2ncn3[C@@H]2O[C@H](CO)[C@@H](O)[C@H]2O)CC1. The van der Waals surface area contributed by atoms with Crippen molar-refractivity contribution < 1.29 is 20.1 Å². The van der Waals surface area contributed by atoms with E-state index in [1.165, 1.54) is 23.8 Å². The Bertz CT molecular complexity index is 927. The highest BCUT2D eigenvalue weighted by Crippen LogP contribution is 2.32. The van der Waals surface area contributed by atoms with Gasteiger partial charge in [-0.3, -0.25) is 4.57 Å². The fourth-order valence-electron chi connectivity index (χ4n) is 3.97. The number of aliphatic hydroxyl groups is 3. The molecule has 4 rings (SSSR count). The van der Waals surface area contributed by atoms with Crippen LogP contribution in [0.2, 0.25) is 0 Å². The third-order valence-corrected chi connectivity index (χ3v) is 5.83. The summed E-state index contributed by atoms with van der Waals surface area (Å²) in [5, 5.41) is 32.9. The smallest absolute Gasteiger partial charge is 0.167 e. The number of aliphatic hydroxyl groups excluding tert-OH is 3. The quantitative estimate of drug-likeness (QED) is 0.531. The summed E-state index contributed by atoms with van der Waals surface area (Å²) in [7, 11) is 0. The Balaban J connectivity index is 1.51. The van der Waals surface area contributed by atoms with Gasteiger partial charge < -0.3 is 25.4 Å². The van der Waals surface area contributed by atoms with Crippen molar-refractivity contribution in [1.29, 1.82) is 0 Å². The van der Waals surface area contributed by atoms with E-state index < -0.39 is 24.5 Å². The first-order valence-corrected chi connectivity index (χ1v) is 9.86. The van der Waals surface area contributed by atoms with E-state index in [1.54, 1.807) is 4.57 Å². The van der Waals surface area contributed by atoms with E-state index in [0.717, 1.165) is 19.3 Å². The maximum absolute atomic E-state index is 10.3. The molecular formula is C20H27N5O4. The molecule has 0 radical (unpaired) electrons. The van der Waals surface area contributed by atoms with Crippen molar-refractivity contribution in [3.8, 4) is 0 Å². The van der Waals surface area contributed by atoms with Crippen molar-refractivity contribution in [2.75, 3.05) is 18.5 Å². The lowest BCUT2D eigenvalue weighted by atomic mass is 9.85.